The maximum absolute atomic E-state index is 9.83. The van der Waals surface area contributed by atoms with Crippen molar-refractivity contribution in [1.29, 1.82) is 0 Å². The number of phenols is 1. The van der Waals surface area contributed by atoms with Gasteiger partial charge < -0.3 is 14.7 Å². The minimum Gasteiger partial charge on any atom is -0.508 e. The molecule has 0 saturated carbocycles. The van der Waals surface area contributed by atoms with E-state index < -0.39 is 0 Å². The standard InChI is InChI=1S/C18H23N3O2/c1-4-5-8-23-18-15-9-12(2)14-10-13(22)6-7-16(14)21(3)17(15)19-11-20-18/h6-7,10-12,22H,4-5,8-9H2,1-3H3. The van der Waals surface area contributed by atoms with Crippen molar-refractivity contribution in [1.82, 2.24) is 9.97 Å². The first kappa shape index (κ1) is 15.6. The van der Waals surface area contributed by atoms with E-state index >= 15 is 0 Å². The molecule has 2 heterocycles. The van der Waals surface area contributed by atoms with Crippen molar-refractivity contribution in [2.75, 3.05) is 18.6 Å². The van der Waals surface area contributed by atoms with Crippen molar-refractivity contribution in [2.45, 2.75) is 39.0 Å². The Bertz CT molecular complexity index is 703. The number of fused-ring (bicyclic) bond motifs is 2. The van der Waals surface area contributed by atoms with Crippen LogP contribution in [0.1, 0.15) is 43.7 Å². The Hall–Kier alpha value is -2.30. The Morgan fingerprint density at radius 1 is 1.35 bits per heavy atom. The highest BCUT2D eigenvalue weighted by molar-refractivity contribution is 5.70. The highest BCUT2D eigenvalue weighted by atomic mass is 16.5. The fourth-order valence-electron chi connectivity index (χ4n) is 3.06. The fraction of sp³-hybridized carbons (Fsp3) is 0.444. The van der Waals surface area contributed by atoms with E-state index in [9.17, 15) is 5.11 Å². The maximum Gasteiger partial charge on any atom is 0.221 e. The summed E-state index contributed by atoms with van der Waals surface area (Å²) < 4.78 is 5.89. The fourth-order valence-corrected chi connectivity index (χ4v) is 3.06. The number of aromatic hydroxyl groups is 1. The first-order chi connectivity index (χ1) is 11.1. The first-order valence-corrected chi connectivity index (χ1v) is 8.15. The van der Waals surface area contributed by atoms with E-state index in [2.05, 4.69) is 28.7 Å². The monoisotopic (exact) mass is 313 g/mol. The van der Waals surface area contributed by atoms with Crippen molar-refractivity contribution < 1.29 is 9.84 Å². The second-order valence-electron chi connectivity index (χ2n) is 6.09. The molecule has 122 valence electrons. The first-order valence-electron chi connectivity index (χ1n) is 8.15. The molecule has 1 N–H and O–H groups in total. The van der Waals surface area contributed by atoms with Crippen LogP contribution >= 0.6 is 0 Å². The molecule has 1 aliphatic heterocycles. The van der Waals surface area contributed by atoms with Gasteiger partial charge in [-0.25, -0.2) is 9.97 Å². The van der Waals surface area contributed by atoms with Crippen molar-refractivity contribution in [3.63, 3.8) is 0 Å². The quantitative estimate of drug-likeness (QED) is 0.870. The lowest BCUT2D eigenvalue weighted by molar-refractivity contribution is 0.293. The second-order valence-corrected chi connectivity index (χ2v) is 6.09. The van der Waals surface area contributed by atoms with Crippen LogP contribution in [-0.2, 0) is 6.42 Å². The topological polar surface area (TPSA) is 58.5 Å². The molecule has 1 aromatic heterocycles. The smallest absolute Gasteiger partial charge is 0.221 e. The van der Waals surface area contributed by atoms with Crippen molar-refractivity contribution in [3.05, 3.63) is 35.7 Å². The molecule has 1 aliphatic rings. The van der Waals surface area contributed by atoms with Gasteiger partial charge in [0.05, 0.1) is 12.2 Å². The van der Waals surface area contributed by atoms with E-state index in [0.717, 1.165) is 41.9 Å². The molecule has 5 heteroatoms. The van der Waals surface area contributed by atoms with Crippen LogP contribution in [0, 0.1) is 0 Å². The van der Waals surface area contributed by atoms with Gasteiger partial charge >= 0.3 is 0 Å². The molecule has 0 saturated heterocycles. The van der Waals surface area contributed by atoms with Crippen LogP contribution in [0.3, 0.4) is 0 Å². The van der Waals surface area contributed by atoms with Crippen LogP contribution in [0.4, 0.5) is 11.5 Å². The number of rotatable bonds is 4. The Kier molecular flexibility index (Phi) is 4.37. The molecule has 0 bridgehead atoms. The van der Waals surface area contributed by atoms with Crippen LogP contribution in [0.5, 0.6) is 11.6 Å². The Balaban J connectivity index is 2.03. The summed E-state index contributed by atoms with van der Waals surface area (Å²) in [5.74, 6) is 2.10. The van der Waals surface area contributed by atoms with Crippen LogP contribution in [-0.4, -0.2) is 28.7 Å². The van der Waals surface area contributed by atoms with Gasteiger partial charge in [0.25, 0.3) is 0 Å². The highest BCUT2D eigenvalue weighted by Crippen LogP contribution is 2.42. The van der Waals surface area contributed by atoms with Gasteiger partial charge in [-0.1, -0.05) is 20.3 Å². The molecule has 3 rings (SSSR count). The van der Waals surface area contributed by atoms with E-state index in [1.54, 1.807) is 12.4 Å². The molecule has 0 spiro atoms. The lowest BCUT2D eigenvalue weighted by Crippen LogP contribution is -2.14. The summed E-state index contributed by atoms with van der Waals surface area (Å²) in [5.41, 5.74) is 3.21. The Morgan fingerprint density at radius 3 is 2.96 bits per heavy atom. The van der Waals surface area contributed by atoms with Gasteiger partial charge in [0.1, 0.15) is 17.9 Å². The number of unbranched alkanes of at least 4 members (excludes halogenated alkanes) is 1. The normalized spacial score (nSPS) is 16.5. The summed E-state index contributed by atoms with van der Waals surface area (Å²) in [6.45, 7) is 4.97. The van der Waals surface area contributed by atoms with Crippen LogP contribution in [0.25, 0.3) is 0 Å². The molecular formula is C18H23N3O2. The molecule has 1 atom stereocenters. The number of hydrogen-bond acceptors (Lipinski definition) is 5. The van der Waals surface area contributed by atoms with E-state index in [1.165, 1.54) is 0 Å². The van der Waals surface area contributed by atoms with Crippen molar-refractivity contribution in [3.8, 4) is 11.6 Å². The lowest BCUT2D eigenvalue weighted by Gasteiger charge is -2.21. The van der Waals surface area contributed by atoms with Gasteiger partial charge in [-0.15, -0.1) is 0 Å². The van der Waals surface area contributed by atoms with Gasteiger partial charge in [-0.2, -0.15) is 0 Å². The van der Waals surface area contributed by atoms with E-state index in [4.69, 9.17) is 4.74 Å². The number of aromatic nitrogens is 2. The number of ether oxygens (including phenoxy) is 1. The highest BCUT2D eigenvalue weighted by Gasteiger charge is 2.27. The van der Waals surface area contributed by atoms with Gasteiger partial charge in [0.2, 0.25) is 5.88 Å². The third-order valence-electron chi connectivity index (χ3n) is 4.35. The molecule has 2 aromatic rings. The van der Waals surface area contributed by atoms with E-state index in [-0.39, 0.29) is 5.92 Å². The van der Waals surface area contributed by atoms with Gasteiger partial charge in [-0.3, -0.25) is 0 Å². The molecule has 23 heavy (non-hydrogen) atoms. The average molecular weight is 313 g/mol. The van der Waals surface area contributed by atoms with Gasteiger partial charge in [-0.05, 0) is 42.5 Å². The minimum absolute atomic E-state index is 0.250. The van der Waals surface area contributed by atoms with Crippen LogP contribution in [0.2, 0.25) is 0 Å². The third-order valence-corrected chi connectivity index (χ3v) is 4.35. The van der Waals surface area contributed by atoms with Crippen LogP contribution in [0.15, 0.2) is 24.5 Å². The summed E-state index contributed by atoms with van der Waals surface area (Å²) >= 11 is 0. The molecular weight excluding hydrogens is 290 g/mol. The van der Waals surface area contributed by atoms with Crippen molar-refractivity contribution >= 4 is 11.5 Å². The third kappa shape index (κ3) is 2.96. The second kappa shape index (κ2) is 6.44. The average Bonchev–Trinajstić information content (AvgIpc) is 2.65. The number of anilines is 2. The van der Waals surface area contributed by atoms with Crippen LogP contribution < -0.4 is 9.64 Å². The lowest BCUT2D eigenvalue weighted by atomic mass is 9.94. The van der Waals surface area contributed by atoms with E-state index in [1.807, 2.05) is 19.2 Å². The molecule has 0 fully saturated rings. The molecule has 5 nitrogen and oxygen atoms in total. The number of nitrogens with zero attached hydrogens (tertiary/aromatic N) is 3. The summed E-state index contributed by atoms with van der Waals surface area (Å²) in [5, 5.41) is 9.83. The predicted molar refractivity (Wildman–Crippen MR) is 90.7 cm³/mol. The number of phenolic OH excluding ortho intramolecular Hbond substituents is 1. The summed E-state index contributed by atoms with van der Waals surface area (Å²) in [7, 11) is 2.00. The number of hydrogen-bond donors (Lipinski definition) is 1. The summed E-state index contributed by atoms with van der Waals surface area (Å²) in [4.78, 5) is 10.9. The zero-order valence-electron chi connectivity index (χ0n) is 13.9. The number of benzene rings is 1. The summed E-state index contributed by atoms with van der Waals surface area (Å²) in [6, 6.07) is 5.50. The zero-order valence-corrected chi connectivity index (χ0v) is 13.9. The van der Waals surface area contributed by atoms with Gasteiger partial charge in [0, 0.05) is 12.7 Å². The Morgan fingerprint density at radius 2 is 2.17 bits per heavy atom. The molecule has 0 amide bonds. The van der Waals surface area contributed by atoms with Gasteiger partial charge in [0.15, 0.2) is 0 Å². The maximum atomic E-state index is 9.83. The zero-order chi connectivity index (χ0) is 16.4. The van der Waals surface area contributed by atoms with E-state index in [0.29, 0.717) is 18.2 Å². The van der Waals surface area contributed by atoms with Crippen molar-refractivity contribution in [2.24, 2.45) is 0 Å². The Labute approximate surface area is 137 Å². The molecule has 1 unspecified atom stereocenters. The SMILES string of the molecule is CCCCOc1ncnc2c1CC(C)c1cc(O)ccc1N2C. The minimum atomic E-state index is 0.250. The summed E-state index contributed by atoms with van der Waals surface area (Å²) in [6.07, 6.45) is 4.46. The molecule has 1 aromatic carbocycles. The largest absolute Gasteiger partial charge is 0.508 e. The molecule has 0 aliphatic carbocycles. The predicted octanol–water partition coefficient (Wildman–Crippen LogP) is 3.79. The molecule has 0 radical (unpaired) electrons.